The van der Waals surface area contributed by atoms with Crippen molar-refractivity contribution >= 4 is 10.9 Å². The predicted octanol–water partition coefficient (Wildman–Crippen LogP) is 4.05. The van der Waals surface area contributed by atoms with E-state index in [-0.39, 0.29) is 0 Å². The highest BCUT2D eigenvalue weighted by atomic mass is 16.3. The highest BCUT2D eigenvalue weighted by Crippen LogP contribution is 2.33. The summed E-state index contributed by atoms with van der Waals surface area (Å²) in [5.41, 5.74) is 2.79. The van der Waals surface area contributed by atoms with E-state index in [1.165, 1.54) is 5.56 Å². The highest BCUT2D eigenvalue weighted by Gasteiger charge is 2.27. The van der Waals surface area contributed by atoms with Gasteiger partial charge in [0.2, 0.25) is 0 Å². The second-order valence-corrected chi connectivity index (χ2v) is 5.50. The molecule has 3 aromatic rings. The molecule has 0 fully saturated rings. The Labute approximate surface area is 125 Å². The van der Waals surface area contributed by atoms with Crippen molar-refractivity contribution in [2.75, 3.05) is 0 Å². The third kappa shape index (κ3) is 2.43. The van der Waals surface area contributed by atoms with Crippen LogP contribution in [0.2, 0.25) is 0 Å². The van der Waals surface area contributed by atoms with Crippen LogP contribution in [0, 0.1) is 0 Å². The lowest BCUT2D eigenvalue weighted by Gasteiger charge is -2.25. The molecule has 2 nitrogen and oxygen atoms in total. The first-order valence-electron chi connectivity index (χ1n) is 7.29. The van der Waals surface area contributed by atoms with Crippen LogP contribution in [0.3, 0.4) is 0 Å². The summed E-state index contributed by atoms with van der Waals surface area (Å²) in [7, 11) is 0. The van der Waals surface area contributed by atoms with Gasteiger partial charge in [0, 0.05) is 17.1 Å². The van der Waals surface area contributed by atoms with Crippen molar-refractivity contribution in [1.82, 2.24) is 4.98 Å². The van der Waals surface area contributed by atoms with E-state index in [1.807, 2.05) is 49.4 Å². The van der Waals surface area contributed by atoms with Crippen molar-refractivity contribution in [3.8, 4) is 0 Å². The van der Waals surface area contributed by atoms with Crippen molar-refractivity contribution in [2.45, 2.75) is 25.9 Å². The van der Waals surface area contributed by atoms with Gasteiger partial charge < -0.3 is 5.11 Å². The number of pyridine rings is 1. The molecule has 0 amide bonds. The van der Waals surface area contributed by atoms with Gasteiger partial charge >= 0.3 is 0 Å². The Bertz CT molecular complexity index is 755. The average molecular weight is 277 g/mol. The summed E-state index contributed by atoms with van der Waals surface area (Å²) in [6.45, 7) is 3.96. The fraction of sp³-hybridized carbons (Fsp3) is 0.211. The van der Waals surface area contributed by atoms with Gasteiger partial charge in [0.15, 0.2) is 0 Å². The molecule has 0 saturated carbocycles. The van der Waals surface area contributed by atoms with Crippen LogP contribution in [-0.2, 0) is 12.0 Å². The summed E-state index contributed by atoms with van der Waals surface area (Å²) in [6, 6.07) is 18.0. The van der Waals surface area contributed by atoms with E-state index < -0.39 is 5.60 Å². The van der Waals surface area contributed by atoms with E-state index in [0.29, 0.717) is 0 Å². The number of nitrogens with zero attached hydrogens (tertiary/aromatic N) is 1. The zero-order valence-electron chi connectivity index (χ0n) is 12.4. The largest absolute Gasteiger partial charge is 0.381 e. The molecule has 1 aromatic heterocycles. The number of hydrogen-bond acceptors (Lipinski definition) is 2. The minimum absolute atomic E-state index is 0.838. The van der Waals surface area contributed by atoms with E-state index >= 15 is 0 Å². The lowest BCUT2D eigenvalue weighted by atomic mass is 9.86. The monoisotopic (exact) mass is 277 g/mol. The van der Waals surface area contributed by atoms with Gasteiger partial charge in [-0.05, 0) is 30.5 Å². The molecule has 3 rings (SSSR count). The molecule has 0 spiro atoms. The zero-order valence-corrected chi connectivity index (χ0v) is 12.4. The van der Waals surface area contributed by atoms with Crippen molar-refractivity contribution in [3.05, 3.63) is 77.5 Å². The van der Waals surface area contributed by atoms with Gasteiger partial charge in [-0.2, -0.15) is 0 Å². The number of aliphatic hydroxyl groups is 1. The zero-order chi connectivity index (χ0) is 14.9. The minimum Gasteiger partial charge on any atom is -0.381 e. The number of benzene rings is 2. The van der Waals surface area contributed by atoms with Crippen molar-refractivity contribution in [2.24, 2.45) is 0 Å². The quantitative estimate of drug-likeness (QED) is 0.783. The summed E-state index contributed by atoms with van der Waals surface area (Å²) in [5, 5.41) is 12.1. The Balaban J connectivity index is 2.14. The van der Waals surface area contributed by atoms with E-state index in [1.54, 1.807) is 6.20 Å². The van der Waals surface area contributed by atoms with Crippen LogP contribution in [0.15, 0.2) is 60.8 Å². The second-order valence-electron chi connectivity index (χ2n) is 5.50. The van der Waals surface area contributed by atoms with Gasteiger partial charge in [-0.3, -0.25) is 4.98 Å². The molecule has 0 aliphatic heterocycles. The van der Waals surface area contributed by atoms with Crippen LogP contribution in [0.4, 0.5) is 0 Å². The molecular weight excluding hydrogens is 258 g/mol. The Morgan fingerprint density at radius 2 is 1.71 bits per heavy atom. The van der Waals surface area contributed by atoms with E-state index in [0.717, 1.165) is 28.5 Å². The van der Waals surface area contributed by atoms with Crippen molar-refractivity contribution in [3.63, 3.8) is 0 Å². The van der Waals surface area contributed by atoms with Crippen LogP contribution in [0.25, 0.3) is 10.9 Å². The third-order valence-electron chi connectivity index (χ3n) is 4.08. The van der Waals surface area contributed by atoms with E-state index in [9.17, 15) is 5.11 Å². The number of aromatic nitrogens is 1. The normalized spacial score (nSPS) is 14.0. The molecule has 1 heterocycles. The van der Waals surface area contributed by atoms with E-state index in [4.69, 9.17) is 0 Å². The van der Waals surface area contributed by atoms with E-state index in [2.05, 4.69) is 24.0 Å². The van der Waals surface area contributed by atoms with Crippen LogP contribution < -0.4 is 0 Å². The first-order valence-corrected chi connectivity index (χ1v) is 7.29. The maximum absolute atomic E-state index is 11.1. The summed E-state index contributed by atoms with van der Waals surface area (Å²) < 4.78 is 0. The number of rotatable bonds is 3. The van der Waals surface area contributed by atoms with Gasteiger partial charge in [0.05, 0.1) is 5.52 Å². The molecule has 106 valence electrons. The summed E-state index contributed by atoms with van der Waals surface area (Å²) in [6.07, 6.45) is 2.76. The van der Waals surface area contributed by atoms with Crippen molar-refractivity contribution in [1.29, 1.82) is 0 Å². The standard InChI is InChI=1S/C19H19NO/c1-3-14-9-11-16(12-10-14)19(2,21)17-8-4-6-15-7-5-13-20-18(15)17/h4-13,21H,3H2,1-2H3. The maximum Gasteiger partial charge on any atom is 0.114 e. The fourth-order valence-corrected chi connectivity index (χ4v) is 2.72. The fourth-order valence-electron chi connectivity index (χ4n) is 2.72. The number of hydrogen-bond donors (Lipinski definition) is 1. The predicted molar refractivity (Wildman–Crippen MR) is 86.2 cm³/mol. The Kier molecular flexibility index (Phi) is 3.48. The second kappa shape index (κ2) is 5.30. The van der Waals surface area contributed by atoms with Crippen LogP contribution in [0.5, 0.6) is 0 Å². The van der Waals surface area contributed by atoms with Gasteiger partial charge in [0.1, 0.15) is 5.60 Å². The molecular formula is C19H19NO. The molecule has 0 bridgehead atoms. The molecule has 1 atom stereocenters. The van der Waals surface area contributed by atoms with Gasteiger partial charge in [-0.1, -0.05) is 55.5 Å². The van der Waals surface area contributed by atoms with Gasteiger partial charge in [-0.25, -0.2) is 0 Å². The lowest BCUT2D eigenvalue weighted by molar-refractivity contribution is 0.104. The first kappa shape index (κ1) is 13.8. The molecule has 2 heteroatoms. The molecule has 0 radical (unpaired) electrons. The summed E-state index contributed by atoms with van der Waals surface area (Å²) in [4.78, 5) is 4.45. The maximum atomic E-state index is 11.1. The topological polar surface area (TPSA) is 33.1 Å². The Morgan fingerprint density at radius 3 is 2.43 bits per heavy atom. The smallest absolute Gasteiger partial charge is 0.114 e. The van der Waals surface area contributed by atoms with Crippen molar-refractivity contribution < 1.29 is 5.11 Å². The van der Waals surface area contributed by atoms with Crippen LogP contribution >= 0.6 is 0 Å². The Hall–Kier alpha value is -2.19. The molecule has 1 N–H and O–H groups in total. The number of fused-ring (bicyclic) bond motifs is 1. The number of para-hydroxylation sites is 1. The molecule has 0 aliphatic rings. The first-order chi connectivity index (χ1) is 10.1. The van der Waals surface area contributed by atoms with Gasteiger partial charge in [0.25, 0.3) is 0 Å². The highest BCUT2D eigenvalue weighted by molar-refractivity contribution is 5.82. The third-order valence-corrected chi connectivity index (χ3v) is 4.08. The summed E-state index contributed by atoms with van der Waals surface area (Å²) in [5.74, 6) is 0. The summed E-state index contributed by atoms with van der Waals surface area (Å²) >= 11 is 0. The molecule has 1 unspecified atom stereocenters. The SMILES string of the molecule is CCc1ccc(C(C)(O)c2cccc3cccnc23)cc1. The average Bonchev–Trinajstić information content (AvgIpc) is 2.54. The van der Waals surface area contributed by atoms with Crippen LogP contribution in [0.1, 0.15) is 30.5 Å². The molecule has 2 aromatic carbocycles. The lowest BCUT2D eigenvalue weighted by Crippen LogP contribution is -2.23. The molecule has 21 heavy (non-hydrogen) atoms. The minimum atomic E-state index is -1.06. The number of aryl methyl sites for hydroxylation is 1. The molecule has 0 aliphatic carbocycles. The Morgan fingerprint density at radius 1 is 1.00 bits per heavy atom. The van der Waals surface area contributed by atoms with Gasteiger partial charge in [-0.15, -0.1) is 0 Å². The van der Waals surface area contributed by atoms with Crippen LogP contribution in [-0.4, -0.2) is 10.1 Å². The molecule has 0 saturated heterocycles.